The Labute approximate surface area is 231 Å². The maximum atomic E-state index is 13.4. The van der Waals surface area contributed by atoms with E-state index < -0.39 is 23.4 Å². The first-order chi connectivity index (χ1) is 19.3. The number of nitrogens with one attached hydrogen (secondary N) is 2. The van der Waals surface area contributed by atoms with Crippen LogP contribution in [0.2, 0.25) is 0 Å². The fourth-order valence-corrected chi connectivity index (χ4v) is 6.29. The number of carbonyl (C=O) groups is 3. The van der Waals surface area contributed by atoms with E-state index in [-0.39, 0.29) is 31.3 Å². The number of fused-ring (bicyclic) bond motifs is 1. The number of β-amino-alcohol motifs (C(OH)–C–C–N with tert-alkyl or cyclic N) is 1. The number of rotatable bonds is 10. The van der Waals surface area contributed by atoms with Gasteiger partial charge in [0.05, 0.1) is 36.8 Å². The fraction of sp³-hybridized carbons (Fsp3) is 0.571. The van der Waals surface area contributed by atoms with E-state index in [0.29, 0.717) is 41.3 Å². The zero-order valence-corrected chi connectivity index (χ0v) is 22.7. The van der Waals surface area contributed by atoms with Crippen molar-refractivity contribution < 1.29 is 24.2 Å². The first kappa shape index (κ1) is 26.4. The molecular weight excluding hydrogens is 514 g/mol. The predicted octanol–water partition coefficient (Wildman–Crippen LogP) is 1.44. The van der Waals surface area contributed by atoms with E-state index in [2.05, 4.69) is 20.8 Å². The van der Waals surface area contributed by atoms with E-state index >= 15 is 0 Å². The number of hydrogen-bond acceptors (Lipinski definition) is 8. The van der Waals surface area contributed by atoms with Gasteiger partial charge in [0, 0.05) is 32.1 Å². The van der Waals surface area contributed by atoms with E-state index in [4.69, 9.17) is 9.72 Å². The average molecular weight is 550 g/mol. The quantitative estimate of drug-likeness (QED) is 0.254. The number of hydrogen-bond donors (Lipinski definition) is 3. The number of esters is 1. The molecular formula is C28H35N7O5. The van der Waals surface area contributed by atoms with Gasteiger partial charge in [0.2, 0.25) is 5.91 Å². The third-order valence-electron chi connectivity index (χ3n) is 8.54. The second kappa shape index (κ2) is 10.3. The maximum absolute atomic E-state index is 13.4. The van der Waals surface area contributed by atoms with Crippen LogP contribution in [-0.4, -0.2) is 67.0 Å². The van der Waals surface area contributed by atoms with Gasteiger partial charge in [0.15, 0.2) is 11.1 Å². The van der Waals surface area contributed by atoms with Crippen LogP contribution < -0.4 is 10.6 Å². The maximum Gasteiger partial charge on any atom is 0.321 e. The summed E-state index contributed by atoms with van der Waals surface area (Å²) in [6.45, 7) is 2.63. The monoisotopic (exact) mass is 549 g/mol. The van der Waals surface area contributed by atoms with E-state index in [1.165, 1.54) is 7.11 Å². The van der Waals surface area contributed by atoms with Gasteiger partial charge in [-0.2, -0.15) is 10.2 Å². The molecule has 12 heteroatoms. The zero-order valence-electron chi connectivity index (χ0n) is 22.7. The Morgan fingerprint density at radius 1 is 1.23 bits per heavy atom. The minimum Gasteiger partial charge on any atom is -0.468 e. The molecule has 12 nitrogen and oxygen atoms in total. The number of aliphatic hydroxyl groups excluding tert-OH is 1. The molecule has 1 aliphatic heterocycles. The molecule has 2 amide bonds. The number of ether oxygens (including phenoxy) is 1. The minimum atomic E-state index is -1.57. The van der Waals surface area contributed by atoms with E-state index in [0.717, 1.165) is 31.4 Å². The highest BCUT2D eigenvalue weighted by atomic mass is 16.5. The molecule has 0 aromatic carbocycles. The van der Waals surface area contributed by atoms with Crippen molar-refractivity contribution in [2.75, 3.05) is 13.7 Å². The van der Waals surface area contributed by atoms with Crippen LogP contribution in [0.4, 0.5) is 0 Å². The van der Waals surface area contributed by atoms with Crippen LogP contribution >= 0.6 is 0 Å². The first-order valence-corrected chi connectivity index (χ1v) is 14.1. The van der Waals surface area contributed by atoms with Gasteiger partial charge >= 0.3 is 5.97 Å². The lowest BCUT2D eigenvalue weighted by Gasteiger charge is -2.35. The van der Waals surface area contributed by atoms with Crippen molar-refractivity contribution in [2.45, 2.75) is 64.1 Å². The SMILES string of the molecule is CCn1nccc1C(=O)NC(c1cn2nc(CC3(C(=O)OC)CC(O)CNC3=O)ccc2n1)C(C1CC1)C1CC1. The number of aryl methyl sites for hydroxylation is 1. The molecule has 0 spiro atoms. The molecule has 3 N–H and O–H groups in total. The molecule has 3 aliphatic rings. The molecule has 3 atom stereocenters. The lowest BCUT2D eigenvalue weighted by atomic mass is 9.75. The highest BCUT2D eigenvalue weighted by Crippen LogP contribution is 2.54. The van der Waals surface area contributed by atoms with E-state index in [9.17, 15) is 19.5 Å². The number of imidazole rings is 1. The van der Waals surface area contributed by atoms with Crippen LogP contribution in [0.25, 0.3) is 5.65 Å². The van der Waals surface area contributed by atoms with Gasteiger partial charge in [-0.05, 0) is 68.6 Å². The molecule has 212 valence electrons. The van der Waals surface area contributed by atoms with Crippen molar-refractivity contribution >= 4 is 23.4 Å². The smallest absolute Gasteiger partial charge is 0.321 e. The molecule has 0 radical (unpaired) electrons. The summed E-state index contributed by atoms with van der Waals surface area (Å²) in [5.41, 5.74) is 0.765. The summed E-state index contributed by atoms with van der Waals surface area (Å²) in [7, 11) is 1.23. The molecule has 6 rings (SSSR count). The number of aromatic nitrogens is 5. The number of piperidine rings is 1. The van der Waals surface area contributed by atoms with E-state index in [1.54, 1.807) is 33.6 Å². The number of amides is 2. The molecule has 2 saturated carbocycles. The summed E-state index contributed by atoms with van der Waals surface area (Å²) in [5.74, 6) is 0.0350. The average Bonchev–Trinajstić information content (AvgIpc) is 3.88. The normalized spacial score (nSPS) is 23.7. The first-order valence-electron chi connectivity index (χ1n) is 14.1. The van der Waals surface area contributed by atoms with E-state index in [1.807, 2.05) is 13.1 Å². The Bertz CT molecular complexity index is 1420. The minimum absolute atomic E-state index is 0.0278. The van der Waals surface area contributed by atoms with Gasteiger partial charge in [-0.3, -0.25) is 19.1 Å². The van der Waals surface area contributed by atoms with Gasteiger partial charge in [0.25, 0.3) is 5.91 Å². The third-order valence-corrected chi connectivity index (χ3v) is 8.54. The fourth-order valence-electron chi connectivity index (χ4n) is 6.29. The Kier molecular flexibility index (Phi) is 6.81. The Morgan fingerprint density at radius 3 is 2.65 bits per heavy atom. The molecule has 1 saturated heterocycles. The number of methoxy groups -OCH3 is 1. The number of carbonyl (C=O) groups excluding carboxylic acids is 3. The molecule has 3 unspecified atom stereocenters. The van der Waals surface area contributed by atoms with Gasteiger partial charge in [-0.1, -0.05) is 0 Å². The van der Waals surface area contributed by atoms with Crippen molar-refractivity contribution in [3.8, 4) is 0 Å². The summed E-state index contributed by atoms with van der Waals surface area (Å²) in [5, 5.41) is 25.1. The lowest BCUT2D eigenvalue weighted by molar-refractivity contribution is -0.164. The van der Waals surface area contributed by atoms with Crippen molar-refractivity contribution in [1.82, 2.24) is 35.0 Å². The Hall–Kier alpha value is -3.80. The van der Waals surface area contributed by atoms with Gasteiger partial charge in [-0.25, -0.2) is 9.50 Å². The third kappa shape index (κ3) is 4.85. The molecule has 4 heterocycles. The highest BCUT2D eigenvalue weighted by Gasteiger charge is 2.51. The number of nitrogens with zero attached hydrogens (tertiary/aromatic N) is 5. The van der Waals surface area contributed by atoms with Crippen molar-refractivity contribution in [3.05, 3.63) is 47.7 Å². The molecule has 3 aromatic heterocycles. The molecule has 3 fully saturated rings. The topological polar surface area (TPSA) is 153 Å². The summed E-state index contributed by atoms with van der Waals surface area (Å²) in [4.78, 5) is 43.9. The van der Waals surface area contributed by atoms with Crippen molar-refractivity contribution in [2.24, 2.45) is 23.2 Å². The molecule has 2 aliphatic carbocycles. The van der Waals surface area contributed by atoms with Crippen LogP contribution in [-0.2, 0) is 27.3 Å². The molecule has 40 heavy (non-hydrogen) atoms. The van der Waals surface area contributed by atoms with Gasteiger partial charge < -0.3 is 20.5 Å². The Morgan fingerprint density at radius 2 is 1.98 bits per heavy atom. The largest absolute Gasteiger partial charge is 0.468 e. The van der Waals surface area contributed by atoms with Crippen molar-refractivity contribution in [1.29, 1.82) is 0 Å². The van der Waals surface area contributed by atoms with Gasteiger partial charge in [0.1, 0.15) is 5.69 Å². The Balaban J connectivity index is 1.32. The summed E-state index contributed by atoms with van der Waals surface area (Å²) in [6.07, 6.45) is 7.14. The summed E-state index contributed by atoms with van der Waals surface area (Å²) in [6, 6.07) is 4.98. The zero-order chi connectivity index (χ0) is 28.0. The molecule has 0 bridgehead atoms. The second-order valence-corrected chi connectivity index (χ2v) is 11.3. The lowest BCUT2D eigenvalue weighted by Crippen LogP contribution is -2.57. The highest BCUT2D eigenvalue weighted by molar-refractivity contribution is 6.03. The van der Waals surface area contributed by atoms with Crippen LogP contribution in [0.15, 0.2) is 30.6 Å². The number of aliphatic hydroxyl groups is 1. The van der Waals surface area contributed by atoms with Crippen LogP contribution in [0.3, 0.4) is 0 Å². The summed E-state index contributed by atoms with van der Waals surface area (Å²) < 4.78 is 8.29. The van der Waals surface area contributed by atoms with Crippen LogP contribution in [0.1, 0.15) is 66.9 Å². The predicted molar refractivity (Wildman–Crippen MR) is 142 cm³/mol. The standard InChI is InChI=1S/C28H35N7O5/c1-3-34-21(10-11-30-34)25(37)32-24(23(16-4-5-16)17-6-7-17)20-15-35-22(31-20)9-8-18(33-35)12-28(27(39)40-2)13-19(36)14-29-26(28)38/h8-11,15-17,19,23-24,36H,3-7,12-14H2,1-2H3,(H,29,38)(H,32,37). The molecule has 3 aromatic rings. The van der Waals surface area contributed by atoms with Crippen molar-refractivity contribution in [3.63, 3.8) is 0 Å². The van der Waals surface area contributed by atoms with Crippen LogP contribution in [0, 0.1) is 23.2 Å². The van der Waals surface area contributed by atoms with Gasteiger partial charge in [-0.15, -0.1) is 0 Å². The van der Waals surface area contributed by atoms with Crippen LogP contribution in [0.5, 0.6) is 0 Å². The second-order valence-electron chi connectivity index (χ2n) is 11.3. The summed E-state index contributed by atoms with van der Waals surface area (Å²) >= 11 is 0.